The second-order valence-electron chi connectivity index (χ2n) is 6.14. The van der Waals surface area contributed by atoms with E-state index in [1.165, 1.54) is 0 Å². The SMILES string of the molecule is OC1(C2(CNc3ncnc4sccc34)CC2)CCOCC1. The van der Waals surface area contributed by atoms with Gasteiger partial charge in [-0.1, -0.05) is 0 Å². The summed E-state index contributed by atoms with van der Waals surface area (Å²) in [5.41, 5.74) is -0.594. The third-order valence-corrected chi connectivity index (χ3v) is 5.84. The van der Waals surface area contributed by atoms with Gasteiger partial charge in [0.1, 0.15) is 17.0 Å². The summed E-state index contributed by atoms with van der Waals surface area (Å²) in [5.74, 6) is 0.878. The third-order valence-electron chi connectivity index (χ3n) is 5.02. The number of nitrogens with zero attached hydrogens (tertiary/aromatic N) is 2. The van der Waals surface area contributed by atoms with E-state index >= 15 is 0 Å². The summed E-state index contributed by atoms with van der Waals surface area (Å²) in [4.78, 5) is 9.62. The first-order chi connectivity index (χ1) is 10.2. The number of rotatable bonds is 4. The molecule has 5 nitrogen and oxygen atoms in total. The zero-order valence-corrected chi connectivity index (χ0v) is 12.7. The van der Waals surface area contributed by atoms with Gasteiger partial charge in [-0.15, -0.1) is 11.3 Å². The molecule has 0 unspecified atom stereocenters. The van der Waals surface area contributed by atoms with Crippen molar-refractivity contribution < 1.29 is 9.84 Å². The fraction of sp³-hybridized carbons (Fsp3) is 0.600. The molecule has 2 aromatic heterocycles. The Morgan fingerprint density at radius 1 is 1.24 bits per heavy atom. The van der Waals surface area contributed by atoms with Crippen molar-refractivity contribution in [3.05, 3.63) is 17.8 Å². The highest BCUT2D eigenvalue weighted by Crippen LogP contribution is 2.57. The van der Waals surface area contributed by atoms with Crippen LogP contribution in [0.3, 0.4) is 0 Å². The van der Waals surface area contributed by atoms with Gasteiger partial charge in [-0.25, -0.2) is 9.97 Å². The lowest BCUT2D eigenvalue weighted by Gasteiger charge is -2.40. The maximum atomic E-state index is 11.0. The summed E-state index contributed by atoms with van der Waals surface area (Å²) < 4.78 is 5.40. The van der Waals surface area contributed by atoms with Gasteiger partial charge in [0.05, 0.1) is 11.0 Å². The van der Waals surface area contributed by atoms with E-state index in [0.717, 1.165) is 48.3 Å². The summed E-state index contributed by atoms with van der Waals surface area (Å²) in [5, 5.41) is 17.5. The fourth-order valence-electron chi connectivity index (χ4n) is 3.38. The number of nitrogens with one attached hydrogen (secondary N) is 1. The van der Waals surface area contributed by atoms with Crippen molar-refractivity contribution in [1.29, 1.82) is 0 Å². The molecule has 0 amide bonds. The first-order valence-electron chi connectivity index (χ1n) is 7.45. The minimum atomic E-state index is -0.584. The topological polar surface area (TPSA) is 67.3 Å². The normalized spacial score (nSPS) is 23.1. The van der Waals surface area contributed by atoms with Gasteiger partial charge in [-0.3, -0.25) is 0 Å². The summed E-state index contributed by atoms with van der Waals surface area (Å²) in [7, 11) is 0. The van der Waals surface area contributed by atoms with E-state index in [9.17, 15) is 5.11 Å². The van der Waals surface area contributed by atoms with Crippen LogP contribution in [-0.2, 0) is 4.74 Å². The van der Waals surface area contributed by atoms with Crippen LogP contribution in [-0.4, -0.2) is 40.4 Å². The first-order valence-corrected chi connectivity index (χ1v) is 8.33. The van der Waals surface area contributed by atoms with Crippen LogP contribution < -0.4 is 5.32 Å². The molecular weight excluding hydrogens is 286 g/mol. The van der Waals surface area contributed by atoms with Gasteiger partial charge in [0.15, 0.2) is 0 Å². The van der Waals surface area contributed by atoms with Gasteiger partial charge >= 0.3 is 0 Å². The number of ether oxygens (including phenoxy) is 1. The zero-order valence-electron chi connectivity index (χ0n) is 11.8. The van der Waals surface area contributed by atoms with Crippen LogP contribution in [0.1, 0.15) is 25.7 Å². The number of anilines is 1. The predicted molar refractivity (Wildman–Crippen MR) is 82.6 cm³/mol. The quantitative estimate of drug-likeness (QED) is 0.908. The Morgan fingerprint density at radius 2 is 2.05 bits per heavy atom. The van der Waals surface area contributed by atoms with Gasteiger partial charge < -0.3 is 15.2 Å². The molecule has 2 fully saturated rings. The zero-order chi connectivity index (χ0) is 14.3. The molecule has 1 saturated carbocycles. The van der Waals surface area contributed by atoms with Gasteiger partial charge in [-0.05, 0) is 24.3 Å². The smallest absolute Gasteiger partial charge is 0.138 e. The Hall–Kier alpha value is -1.24. The molecule has 2 aliphatic rings. The lowest BCUT2D eigenvalue weighted by Crippen LogP contribution is -2.47. The Labute approximate surface area is 127 Å². The van der Waals surface area contributed by atoms with Crippen LogP contribution in [0.4, 0.5) is 5.82 Å². The van der Waals surface area contributed by atoms with Crippen LogP contribution >= 0.6 is 11.3 Å². The van der Waals surface area contributed by atoms with Gasteiger partial charge in [0, 0.05) is 38.0 Å². The van der Waals surface area contributed by atoms with Crippen molar-refractivity contribution in [3.63, 3.8) is 0 Å². The number of thiophene rings is 1. The molecule has 2 N–H and O–H groups in total. The molecule has 0 spiro atoms. The predicted octanol–water partition coefficient (Wildman–Crippen LogP) is 2.42. The van der Waals surface area contributed by atoms with Gasteiger partial charge in [-0.2, -0.15) is 0 Å². The van der Waals surface area contributed by atoms with Crippen molar-refractivity contribution >= 4 is 27.4 Å². The Kier molecular flexibility index (Phi) is 3.13. The Balaban J connectivity index is 1.52. The van der Waals surface area contributed by atoms with E-state index in [4.69, 9.17) is 4.74 Å². The molecular formula is C15H19N3O2S. The van der Waals surface area contributed by atoms with Crippen molar-refractivity contribution in [3.8, 4) is 0 Å². The summed E-state index contributed by atoms with van der Waals surface area (Å²) in [6, 6.07) is 2.05. The third kappa shape index (κ3) is 2.22. The van der Waals surface area contributed by atoms with E-state index in [1.54, 1.807) is 17.7 Å². The van der Waals surface area contributed by atoms with Crippen LogP contribution in [0.5, 0.6) is 0 Å². The monoisotopic (exact) mass is 305 g/mol. The number of hydrogen-bond acceptors (Lipinski definition) is 6. The highest BCUT2D eigenvalue weighted by atomic mass is 32.1. The Bertz CT molecular complexity index is 647. The maximum absolute atomic E-state index is 11.0. The molecule has 1 saturated heterocycles. The molecule has 21 heavy (non-hydrogen) atoms. The van der Waals surface area contributed by atoms with Crippen LogP contribution in [0.15, 0.2) is 17.8 Å². The van der Waals surface area contributed by atoms with Crippen LogP contribution in [0.25, 0.3) is 10.2 Å². The molecule has 6 heteroatoms. The summed E-state index contributed by atoms with van der Waals surface area (Å²) in [6.07, 6.45) is 5.24. The number of hydrogen-bond donors (Lipinski definition) is 2. The molecule has 1 aliphatic heterocycles. The van der Waals surface area contributed by atoms with Crippen molar-refractivity contribution in [2.45, 2.75) is 31.3 Å². The molecule has 2 aromatic rings. The number of aromatic nitrogens is 2. The molecule has 0 aromatic carbocycles. The molecule has 0 radical (unpaired) electrons. The van der Waals surface area contributed by atoms with Crippen LogP contribution in [0.2, 0.25) is 0 Å². The molecule has 4 rings (SSSR count). The first kappa shape index (κ1) is 13.4. The highest BCUT2D eigenvalue weighted by Gasteiger charge is 2.58. The van der Waals surface area contributed by atoms with E-state index in [0.29, 0.717) is 13.2 Å². The van der Waals surface area contributed by atoms with E-state index in [-0.39, 0.29) is 5.41 Å². The second kappa shape index (κ2) is 4.90. The maximum Gasteiger partial charge on any atom is 0.138 e. The lowest BCUT2D eigenvalue weighted by atomic mass is 9.78. The highest BCUT2D eigenvalue weighted by molar-refractivity contribution is 7.16. The average Bonchev–Trinajstić information content (AvgIpc) is 3.16. The van der Waals surface area contributed by atoms with Gasteiger partial charge in [0.25, 0.3) is 0 Å². The van der Waals surface area contributed by atoms with E-state index < -0.39 is 5.60 Å². The molecule has 0 bridgehead atoms. The second-order valence-corrected chi connectivity index (χ2v) is 7.03. The van der Waals surface area contributed by atoms with Crippen molar-refractivity contribution in [2.75, 3.05) is 25.1 Å². The summed E-state index contributed by atoms with van der Waals surface area (Å²) in [6.45, 7) is 2.10. The van der Waals surface area contributed by atoms with Crippen molar-refractivity contribution in [1.82, 2.24) is 9.97 Å². The minimum absolute atomic E-state index is 0.00985. The van der Waals surface area contributed by atoms with E-state index in [2.05, 4.69) is 15.3 Å². The number of fused-ring (bicyclic) bond motifs is 1. The molecule has 0 atom stereocenters. The van der Waals surface area contributed by atoms with Gasteiger partial charge in [0.2, 0.25) is 0 Å². The molecule has 3 heterocycles. The lowest BCUT2D eigenvalue weighted by molar-refractivity contribution is -0.106. The fourth-order valence-corrected chi connectivity index (χ4v) is 4.11. The Morgan fingerprint density at radius 3 is 2.81 bits per heavy atom. The van der Waals surface area contributed by atoms with E-state index in [1.807, 2.05) is 11.4 Å². The summed E-state index contributed by atoms with van der Waals surface area (Å²) >= 11 is 1.62. The molecule has 1 aliphatic carbocycles. The number of aliphatic hydroxyl groups is 1. The average molecular weight is 305 g/mol. The molecule has 112 valence electrons. The standard InChI is InChI=1S/C15H19N3O2S/c19-15(4-6-20-7-5-15)14(2-3-14)9-16-12-11-1-8-21-13(11)18-10-17-12/h1,8,10,19H,2-7,9H2,(H,16,17,18). The van der Waals surface area contributed by atoms with Crippen molar-refractivity contribution in [2.24, 2.45) is 5.41 Å². The minimum Gasteiger partial charge on any atom is -0.389 e. The van der Waals surface area contributed by atoms with Crippen LogP contribution in [0, 0.1) is 5.41 Å². The largest absolute Gasteiger partial charge is 0.389 e.